The van der Waals surface area contributed by atoms with Crippen molar-refractivity contribution >= 4 is 5.97 Å². The van der Waals surface area contributed by atoms with E-state index in [-0.39, 0.29) is 17.9 Å². The minimum atomic E-state index is -0.694. The van der Waals surface area contributed by atoms with Crippen molar-refractivity contribution < 1.29 is 14.3 Å². The zero-order valence-corrected chi connectivity index (χ0v) is 9.80. The largest absolute Gasteiger partial charge is 0.481 e. The molecular formula is C12H17NO3. The minimum Gasteiger partial charge on any atom is -0.481 e. The van der Waals surface area contributed by atoms with E-state index < -0.39 is 5.97 Å². The summed E-state index contributed by atoms with van der Waals surface area (Å²) in [6, 6.07) is 3.94. The summed E-state index contributed by atoms with van der Waals surface area (Å²) < 4.78 is 5.60. The number of rotatable bonds is 4. The summed E-state index contributed by atoms with van der Waals surface area (Å²) in [5, 5.41) is 8.96. The summed E-state index contributed by atoms with van der Waals surface area (Å²) >= 11 is 0. The summed E-state index contributed by atoms with van der Waals surface area (Å²) in [7, 11) is 3.92. The molecule has 4 heteroatoms. The van der Waals surface area contributed by atoms with Crippen LogP contribution in [0.3, 0.4) is 0 Å². The van der Waals surface area contributed by atoms with Gasteiger partial charge in [-0.05, 0) is 45.5 Å². The van der Waals surface area contributed by atoms with Gasteiger partial charge in [-0.1, -0.05) is 0 Å². The van der Waals surface area contributed by atoms with E-state index in [0.29, 0.717) is 0 Å². The third kappa shape index (κ3) is 1.97. The smallest absolute Gasteiger partial charge is 0.306 e. The Balaban J connectivity index is 2.17. The maximum absolute atomic E-state index is 10.9. The fourth-order valence-electron chi connectivity index (χ4n) is 2.31. The molecule has 1 saturated carbocycles. The van der Waals surface area contributed by atoms with Crippen LogP contribution in [-0.4, -0.2) is 30.1 Å². The second-order valence-corrected chi connectivity index (χ2v) is 4.70. The highest BCUT2D eigenvalue weighted by Crippen LogP contribution is 2.49. The van der Waals surface area contributed by atoms with Gasteiger partial charge < -0.3 is 9.52 Å². The lowest BCUT2D eigenvalue weighted by Gasteiger charge is -2.22. The molecule has 0 bridgehead atoms. The first kappa shape index (κ1) is 11.2. The van der Waals surface area contributed by atoms with Gasteiger partial charge in [0.1, 0.15) is 11.5 Å². The summed E-state index contributed by atoms with van der Waals surface area (Å²) in [5.74, 6) is 1.02. The fraction of sp³-hybridized carbons (Fsp3) is 0.583. The lowest BCUT2D eigenvalue weighted by Crippen LogP contribution is -2.23. The molecule has 88 valence electrons. The highest BCUT2D eigenvalue weighted by atomic mass is 16.4. The Bertz CT molecular complexity index is 397. The number of hydrogen-bond donors (Lipinski definition) is 1. The van der Waals surface area contributed by atoms with Crippen molar-refractivity contribution in [3.05, 3.63) is 23.7 Å². The van der Waals surface area contributed by atoms with Gasteiger partial charge >= 0.3 is 5.97 Å². The van der Waals surface area contributed by atoms with Crippen LogP contribution in [0.25, 0.3) is 0 Å². The molecule has 0 radical (unpaired) electrons. The maximum atomic E-state index is 10.9. The van der Waals surface area contributed by atoms with Crippen LogP contribution < -0.4 is 0 Å². The van der Waals surface area contributed by atoms with Gasteiger partial charge in [-0.25, -0.2) is 0 Å². The first-order valence-corrected chi connectivity index (χ1v) is 5.46. The maximum Gasteiger partial charge on any atom is 0.306 e. The molecule has 2 rings (SSSR count). The molecule has 3 atom stereocenters. The van der Waals surface area contributed by atoms with Gasteiger partial charge in [0.15, 0.2) is 0 Å². The molecule has 1 aliphatic carbocycles. The molecule has 1 aromatic heterocycles. The quantitative estimate of drug-likeness (QED) is 0.847. The predicted octanol–water partition coefficient (Wildman–Crippen LogP) is 1.91. The van der Waals surface area contributed by atoms with Gasteiger partial charge in [-0.3, -0.25) is 9.69 Å². The van der Waals surface area contributed by atoms with Crippen LogP contribution in [0.5, 0.6) is 0 Å². The van der Waals surface area contributed by atoms with Crippen molar-refractivity contribution in [1.82, 2.24) is 4.90 Å². The summed E-state index contributed by atoms with van der Waals surface area (Å²) in [4.78, 5) is 12.9. The molecule has 0 saturated heterocycles. The normalized spacial score (nSPS) is 25.8. The Hall–Kier alpha value is -1.29. The third-order valence-corrected chi connectivity index (χ3v) is 3.17. The van der Waals surface area contributed by atoms with Crippen molar-refractivity contribution in [2.24, 2.45) is 11.8 Å². The molecule has 0 spiro atoms. The molecule has 1 fully saturated rings. The molecule has 4 nitrogen and oxygen atoms in total. The van der Waals surface area contributed by atoms with E-state index in [1.807, 2.05) is 38.1 Å². The van der Waals surface area contributed by atoms with Gasteiger partial charge in [-0.2, -0.15) is 0 Å². The second-order valence-electron chi connectivity index (χ2n) is 4.70. The number of carboxylic acid groups (broad SMARTS) is 1. The first-order chi connectivity index (χ1) is 7.50. The van der Waals surface area contributed by atoms with E-state index in [0.717, 1.165) is 17.9 Å². The molecule has 1 heterocycles. The van der Waals surface area contributed by atoms with Crippen LogP contribution in [0.2, 0.25) is 0 Å². The minimum absolute atomic E-state index is 0.0785. The topological polar surface area (TPSA) is 53.7 Å². The van der Waals surface area contributed by atoms with Crippen molar-refractivity contribution in [1.29, 1.82) is 0 Å². The van der Waals surface area contributed by atoms with Gasteiger partial charge in [0.25, 0.3) is 0 Å². The number of carboxylic acids is 1. The van der Waals surface area contributed by atoms with Crippen LogP contribution in [0.1, 0.15) is 24.0 Å². The van der Waals surface area contributed by atoms with Crippen molar-refractivity contribution in [2.45, 2.75) is 19.4 Å². The van der Waals surface area contributed by atoms with Crippen LogP contribution in [0, 0.1) is 18.8 Å². The SMILES string of the molecule is Cc1ccc(C(C2CC2C(=O)O)N(C)C)o1. The Morgan fingerprint density at radius 2 is 2.25 bits per heavy atom. The monoisotopic (exact) mass is 223 g/mol. The molecule has 1 aliphatic rings. The zero-order valence-electron chi connectivity index (χ0n) is 9.80. The predicted molar refractivity (Wildman–Crippen MR) is 59.1 cm³/mol. The average Bonchev–Trinajstić information content (AvgIpc) is 2.83. The number of carbonyl (C=O) groups is 1. The Labute approximate surface area is 94.9 Å². The Morgan fingerprint density at radius 3 is 2.62 bits per heavy atom. The average molecular weight is 223 g/mol. The fourth-order valence-corrected chi connectivity index (χ4v) is 2.31. The molecule has 1 N–H and O–H groups in total. The van der Waals surface area contributed by atoms with Gasteiger partial charge in [-0.15, -0.1) is 0 Å². The van der Waals surface area contributed by atoms with E-state index in [4.69, 9.17) is 9.52 Å². The van der Waals surface area contributed by atoms with Crippen LogP contribution in [0.15, 0.2) is 16.5 Å². The van der Waals surface area contributed by atoms with Crippen LogP contribution in [0.4, 0.5) is 0 Å². The highest BCUT2D eigenvalue weighted by Gasteiger charge is 2.50. The van der Waals surface area contributed by atoms with E-state index in [2.05, 4.69) is 0 Å². The third-order valence-electron chi connectivity index (χ3n) is 3.17. The van der Waals surface area contributed by atoms with Crippen molar-refractivity contribution in [2.75, 3.05) is 14.1 Å². The summed E-state index contributed by atoms with van der Waals surface area (Å²) in [6.45, 7) is 1.90. The molecule has 0 amide bonds. The van der Waals surface area contributed by atoms with E-state index >= 15 is 0 Å². The number of hydrogen-bond acceptors (Lipinski definition) is 3. The van der Waals surface area contributed by atoms with Gasteiger partial charge in [0, 0.05) is 0 Å². The molecule has 16 heavy (non-hydrogen) atoms. The molecule has 1 aromatic rings. The highest BCUT2D eigenvalue weighted by molar-refractivity contribution is 5.73. The Morgan fingerprint density at radius 1 is 1.56 bits per heavy atom. The number of aryl methyl sites for hydroxylation is 1. The molecule has 0 aliphatic heterocycles. The van der Waals surface area contributed by atoms with E-state index in [9.17, 15) is 4.79 Å². The summed E-state index contributed by atoms with van der Waals surface area (Å²) in [5.41, 5.74) is 0. The van der Waals surface area contributed by atoms with Crippen molar-refractivity contribution in [3.63, 3.8) is 0 Å². The number of furan rings is 1. The zero-order chi connectivity index (χ0) is 11.9. The van der Waals surface area contributed by atoms with Gasteiger partial charge in [0.05, 0.1) is 12.0 Å². The molecule has 0 aromatic carbocycles. The van der Waals surface area contributed by atoms with E-state index in [1.54, 1.807) is 0 Å². The van der Waals surface area contributed by atoms with Crippen molar-refractivity contribution in [3.8, 4) is 0 Å². The van der Waals surface area contributed by atoms with E-state index in [1.165, 1.54) is 0 Å². The standard InChI is InChI=1S/C12H17NO3/c1-7-4-5-10(16-7)11(13(2)3)8-6-9(8)12(14)15/h4-5,8-9,11H,6H2,1-3H3,(H,14,15). The van der Waals surface area contributed by atoms with Gasteiger partial charge in [0.2, 0.25) is 0 Å². The summed E-state index contributed by atoms with van der Waals surface area (Å²) in [6.07, 6.45) is 0.748. The number of nitrogens with zero attached hydrogens (tertiary/aromatic N) is 1. The Kier molecular flexibility index (Phi) is 2.76. The lowest BCUT2D eigenvalue weighted by molar-refractivity contribution is -0.139. The lowest BCUT2D eigenvalue weighted by atomic mass is 10.1. The molecule has 3 unspecified atom stereocenters. The van der Waals surface area contributed by atoms with Crippen LogP contribution in [-0.2, 0) is 4.79 Å². The van der Waals surface area contributed by atoms with Crippen LogP contribution >= 0.6 is 0 Å². The number of aliphatic carboxylic acids is 1. The first-order valence-electron chi connectivity index (χ1n) is 5.46. The molecular weight excluding hydrogens is 206 g/mol. The second kappa shape index (κ2) is 3.94.